The summed E-state index contributed by atoms with van der Waals surface area (Å²) in [5.74, 6) is 0.209. The molecule has 0 aliphatic carbocycles. The summed E-state index contributed by atoms with van der Waals surface area (Å²) >= 11 is 0. The van der Waals surface area contributed by atoms with Crippen molar-refractivity contribution in [1.29, 1.82) is 0 Å². The van der Waals surface area contributed by atoms with Gasteiger partial charge in [0.25, 0.3) is 0 Å². The van der Waals surface area contributed by atoms with Crippen molar-refractivity contribution >= 4 is 5.69 Å². The van der Waals surface area contributed by atoms with Crippen LogP contribution < -0.4 is 5.73 Å². The van der Waals surface area contributed by atoms with Crippen molar-refractivity contribution in [1.82, 2.24) is 0 Å². The molecule has 0 radical (unpaired) electrons. The number of phenolic OH excluding ortho intramolecular Hbond substituents is 1. The first-order chi connectivity index (χ1) is 8.24. The number of hydrogen-bond donors (Lipinski definition) is 3. The molecule has 0 spiro atoms. The van der Waals surface area contributed by atoms with Crippen LogP contribution in [0.5, 0.6) is 5.75 Å². The van der Waals surface area contributed by atoms with Gasteiger partial charge in [-0.05, 0) is 18.1 Å². The third kappa shape index (κ3) is 2.24. The molecule has 3 nitrogen and oxygen atoms in total. The minimum absolute atomic E-state index is 0.0639. The topological polar surface area (TPSA) is 66.5 Å². The molecule has 0 aliphatic rings. The van der Waals surface area contributed by atoms with Crippen LogP contribution in [0.2, 0.25) is 0 Å². The fraction of sp³-hybridized carbons (Fsp3) is 0.143. The fourth-order valence-corrected chi connectivity index (χ4v) is 1.89. The Balaban J connectivity index is 2.53. The number of benzene rings is 2. The second-order valence-electron chi connectivity index (χ2n) is 3.87. The summed E-state index contributed by atoms with van der Waals surface area (Å²) in [6.07, 6.45) is 0.521. The molecule has 0 aromatic heterocycles. The maximum atomic E-state index is 9.80. The Kier molecular flexibility index (Phi) is 3.30. The molecule has 3 heteroatoms. The van der Waals surface area contributed by atoms with Crippen molar-refractivity contribution in [2.24, 2.45) is 0 Å². The van der Waals surface area contributed by atoms with E-state index in [1.54, 1.807) is 12.1 Å². The van der Waals surface area contributed by atoms with Crippen LogP contribution in [-0.2, 0) is 6.42 Å². The van der Waals surface area contributed by atoms with E-state index in [1.165, 1.54) is 0 Å². The van der Waals surface area contributed by atoms with Gasteiger partial charge in [0.05, 0.1) is 0 Å². The van der Waals surface area contributed by atoms with E-state index < -0.39 is 0 Å². The first-order valence-electron chi connectivity index (χ1n) is 5.50. The molecule has 0 bridgehead atoms. The number of anilines is 1. The second-order valence-corrected chi connectivity index (χ2v) is 3.87. The Labute approximate surface area is 100 Å². The van der Waals surface area contributed by atoms with Gasteiger partial charge < -0.3 is 15.9 Å². The van der Waals surface area contributed by atoms with Gasteiger partial charge in [0.2, 0.25) is 0 Å². The standard InChI is InChI=1S/C14H15NO2/c15-14-10(8-9-16)4-3-6-12(14)11-5-1-2-7-13(11)17/h1-7,16-17H,8-9,15H2. The SMILES string of the molecule is Nc1c(CCO)cccc1-c1ccccc1O. The Morgan fingerprint density at radius 1 is 0.941 bits per heavy atom. The number of nitrogen functional groups attached to an aromatic ring is 1. The molecule has 0 unspecified atom stereocenters. The number of para-hydroxylation sites is 2. The predicted molar refractivity (Wildman–Crippen MR) is 68.7 cm³/mol. The van der Waals surface area contributed by atoms with Crippen molar-refractivity contribution in [3.05, 3.63) is 48.0 Å². The Bertz CT molecular complexity index is 523. The second kappa shape index (κ2) is 4.89. The van der Waals surface area contributed by atoms with Gasteiger partial charge in [-0.25, -0.2) is 0 Å². The van der Waals surface area contributed by atoms with Gasteiger partial charge in [-0.2, -0.15) is 0 Å². The van der Waals surface area contributed by atoms with Crippen LogP contribution in [0, 0.1) is 0 Å². The third-order valence-corrected chi connectivity index (χ3v) is 2.77. The van der Waals surface area contributed by atoms with E-state index in [4.69, 9.17) is 10.8 Å². The number of aliphatic hydroxyl groups excluding tert-OH is 1. The van der Waals surface area contributed by atoms with Gasteiger partial charge in [0.15, 0.2) is 0 Å². The smallest absolute Gasteiger partial charge is 0.123 e. The van der Waals surface area contributed by atoms with Crippen LogP contribution in [0.1, 0.15) is 5.56 Å². The number of aromatic hydroxyl groups is 1. The summed E-state index contributed by atoms with van der Waals surface area (Å²) < 4.78 is 0. The lowest BCUT2D eigenvalue weighted by molar-refractivity contribution is 0.300. The molecule has 0 saturated heterocycles. The number of aliphatic hydroxyl groups is 1. The molecule has 4 N–H and O–H groups in total. The molecule has 2 aromatic rings. The molecule has 0 amide bonds. The number of hydrogen-bond acceptors (Lipinski definition) is 3. The number of rotatable bonds is 3. The lowest BCUT2D eigenvalue weighted by Gasteiger charge is -2.11. The molecule has 0 atom stereocenters. The van der Waals surface area contributed by atoms with Crippen LogP contribution in [0.3, 0.4) is 0 Å². The van der Waals surface area contributed by atoms with Crippen molar-refractivity contribution in [3.8, 4) is 16.9 Å². The van der Waals surface area contributed by atoms with Gasteiger partial charge in [-0.15, -0.1) is 0 Å². The van der Waals surface area contributed by atoms with Crippen LogP contribution in [0.25, 0.3) is 11.1 Å². The fourth-order valence-electron chi connectivity index (χ4n) is 1.89. The Morgan fingerprint density at radius 2 is 1.65 bits per heavy atom. The van der Waals surface area contributed by atoms with E-state index in [1.807, 2.05) is 30.3 Å². The highest BCUT2D eigenvalue weighted by molar-refractivity contribution is 5.81. The molecule has 2 aromatic carbocycles. The zero-order valence-electron chi connectivity index (χ0n) is 9.43. The van der Waals surface area contributed by atoms with Crippen molar-refractivity contribution in [3.63, 3.8) is 0 Å². The summed E-state index contributed by atoms with van der Waals surface area (Å²) in [7, 11) is 0. The highest BCUT2D eigenvalue weighted by atomic mass is 16.3. The molecule has 2 rings (SSSR count). The van der Waals surface area contributed by atoms with E-state index in [0.717, 1.165) is 11.1 Å². The van der Waals surface area contributed by atoms with Crippen LogP contribution in [-0.4, -0.2) is 16.8 Å². The molecule has 17 heavy (non-hydrogen) atoms. The van der Waals surface area contributed by atoms with Gasteiger partial charge in [0, 0.05) is 23.4 Å². The average Bonchev–Trinajstić information content (AvgIpc) is 2.33. The lowest BCUT2D eigenvalue weighted by atomic mass is 9.98. The average molecular weight is 229 g/mol. The van der Waals surface area contributed by atoms with Gasteiger partial charge >= 0.3 is 0 Å². The summed E-state index contributed by atoms with van der Waals surface area (Å²) in [4.78, 5) is 0. The predicted octanol–water partition coefficient (Wildman–Crippen LogP) is 2.18. The van der Waals surface area contributed by atoms with E-state index in [0.29, 0.717) is 17.7 Å². The molecular formula is C14H15NO2. The quantitative estimate of drug-likeness (QED) is 0.707. The molecule has 88 valence electrons. The van der Waals surface area contributed by atoms with Crippen LogP contribution in [0.15, 0.2) is 42.5 Å². The summed E-state index contributed by atoms with van der Waals surface area (Å²) in [5.41, 5.74) is 9.07. The summed E-state index contributed by atoms with van der Waals surface area (Å²) in [6.45, 7) is 0.0639. The van der Waals surface area contributed by atoms with E-state index in [-0.39, 0.29) is 12.4 Å². The normalized spacial score (nSPS) is 10.4. The first-order valence-corrected chi connectivity index (χ1v) is 5.50. The van der Waals surface area contributed by atoms with Gasteiger partial charge in [-0.3, -0.25) is 0 Å². The molecule has 0 fully saturated rings. The van der Waals surface area contributed by atoms with Gasteiger partial charge in [0.1, 0.15) is 5.75 Å². The van der Waals surface area contributed by atoms with Crippen LogP contribution >= 0.6 is 0 Å². The number of phenols is 1. The zero-order chi connectivity index (χ0) is 12.3. The van der Waals surface area contributed by atoms with Crippen molar-refractivity contribution in [2.75, 3.05) is 12.3 Å². The molecule has 0 aliphatic heterocycles. The van der Waals surface area contributed by atoms with Crippen molar-refractivity contribution < 1.29 is 10.2 Å². The highest BCUT2D eigenvalue weighted by Crippen LogP contribution is 2.34. The largest absolute Gasteiger partial charge is 0.507 e. The summed E-state index contributed by atoms with van der Waals surface area (Å²) in [5, 5.41) is 18.8. The van der Waals surface area contributed by atoms with E-state index in [2.05, 4.69) is 0 Å². The minimum atomic E-state index is 0.0639. The van der Waals surface area contributed by atoms with E-state index >= 15 is 0 Å². The molecule has 0 saturated carbocycles. The molecule has 0 heterocycles. The Morgan fingerprint density at radius 3 is 2.35 bits per heavy atom. The Hall–Kier alpha value is -2.00. The maximum Gasteiger partial charge on any atom is 0.123 e. The zero-order valence-corrected chi connectivity index (χ0v) is 9.43. The maximum absolute atomic E-state index is 9.80. The van der Waals surface area contributed by atoms with Crippen molar-refractivity contribution in [2.45, 2.75) is 6.42 Å². The highest BCUT2D eigenvalue weighted by Gasteiger charge is 2.09. The lowest BCUT2D eigenvalue weighted by Crippen LogP contribution is -1.99. The monoisotopic (exact) mass is 229 g/mol. The van der Waals surface area contributed by atoms with Crippen LogP contribution in [0.4, 0.5) is 5.69 Å². The number of nitrogens with two attached hydrogens (primary N) is 1. The third-order valence-electron chi connectivity index (χ3n) is 2.77. The molecular weight excluding hydrogens is 214 g/mol. The summed E-state index contributed by atoms with van der Waals surface area (Å²) in [6, 6.07) is 12.7. The first kappa shape index (κ1) is 11.5. The van der Waals surface area contributed by atoms with Gasteiger partial charge in [-0.1, -0.05) is 36.4 Å². The van der Waals surface area contributed by atoms with E-state index in [9.17, 15) is 5.11 Å². The minimum Gasteiger partial charge on any atom is -0.507 e.